The second kappa shape index (κ2) is 4.37. The first kappa shape index (κ1) is 10.6. The third-order valence-electron chi connectivity index (χ3n) is 3.40. The van der Waals surface area contributed by atoms with E-state index in [0.717, 1.165) is 49.5 Å². The van der Waals surface area contributed by atoms with Crippen LogP contribution in [-0.4, -0.2) is 22.6 Å². The second-order valence-electron chi connectivity index (χ2n) is 4.69. The molecule has 0 amide bonds. The molecule has 1 fully saturated rings. The number of aromatic nitrogens is 2. The Morgan fingerprint density at radius 3 is 3.00 bits per heavy atom. The van der Waals surface area contributed by atoms with E-state index < -0.39 is 0 Å². The van der Waals surface area contributed by atoms with Crippen LogP contribution in [0.4, 0.5) is 5.69 Å². The third kappa shape index (κ3) is 2.13. The molecule has 0 radical (unpaired) electrons. The van der Waals surface area contributed by atoms with Crippen LogP contribution in [-0.2, 0) is 11.2 Å². The lowest BCUT2D eigenvalue weighted by Gasteiger charge is -2.20. The van der Waals surface area contributed by atoms with Crippen LogP contribution >= 0.6 is 0 Å². The summed E-state index contributed by atoms with van der Waals surface area (Å²) in [7, 11) is 0. The largest absolute Gasteiger partial charge is 0.396 e. The van der Waals surface area contributed by atoms with Crippen molar-refractivity contribution in [1.29, 1.82) is 0 Å². The number of nitrogens with two attached hydrogens (primary N) is 1. The Morgan fingerprint density at radius 1 is 1.41 bits per heavy atom. The van der Waals surface area contributed by atoms with E-state index in [1.54, 1.807) is 0 Å². The smallest absolute Gasteiger partial charge is 0.160 e. The fourth-order valence-corrected chi connectivity index (χ4v) is 2.43. The average molecular weight is 231 g/mol. The summed E-state index contributed by atoms with van der Waals surface area (Å²) in [4.78, 5) is 4.60. The van der Waals surface area contributed by atoms with E-state index in [2.05, 4.69) is 11.2 Å². The monoisotopic (exact) mass is 231 g/mol. The predicted octanol–water partition coefficient (Wildman–Crippen LogP) is 1.89. The van der Waals surface area contributed by atoms with E-state index in [-0.39, 0.29) is 0 Å². The molecule has 0 unspecified atom stereocenters. The zero-order valence-electron chi connectivity index (χ0n) is 9.80. The average Bonchev–Trinajstić information content (AvgIpc) is 2.74. The van der Waals surface area contributed by atoms with Crippen LogP contribution in [0.3, 0.4) is 0 Å². The van der Waals surface area contributed by atoms with E-state index in [1.807, 2.05) is 22.7 Å². The lowest BCUT2D eigenvalue weighted by Crippen LogP contribution is -2.17. The van der Waals surface area contributed by atoms with Gasteiger partial charge in [-0.2, -0.15) is 0 Å². The summed E-state index contributed by atoms with van der Waals surface area (Å²) < 4.78 is 7.37. The molecule has 1 aliphatic heterocycles. The van der Waals surface area contributed by atoms with Gasteiger partial charge in [-0.25, -0.2) is 4.98 Å². The minimum absolute atomic E-state index is 0.704. The Labute approximate surface area is 100 Å². The maximum absolute atomic E-state index is 5.90. The zero-order valence-corrected chi connectivity index (χ0v) is 9.80. The highest BCUT2D eigenvalue weighted by atomic mass is 16.5. The molecule has 1 aliphatic rings. The van der Waals surface area contributed by atoms with Gasteiger partial charge in [0.15, 0.2) is 5.65 Å². The van der Waals surface area contributed by atoms with E-state index in [9.17, 15) is 0 Å². The Bertz CT molecular complexity index is 514. The number of imidazole rings is 1. The summed E-state index contributed by atoms with van der Waals surface area (Å²) in [5.74, 6) is 0.704. The molecular weight excluding hydrogens is 214 g/mol. The minimum Gasteiger partial charge on any atom is -0.396 e. The van der Waals surface area contributed by atoms with Crippen LogP contribution in [0.2, 0.25) is 0 Å². The summed E-state index contributed by atoms with van der Waals surface area (Å²) in [6.45, 7) is 1.78. The van der Waals surface area contributed by atoms with Crippen molar-refractivity contribution in [3.05, 3.63) is 30.2 Å². The topological polar surface area (TPSA) is 52.5 Å². The van der Waals surface area contributed by atoms with E-state index in [4.69, 9.17) is 10.5 Å². The number of pyridine rings is 1. The van der Waals surface area contributed by atoms with Crippen LogP contribution in [0.25, 0.3) is 5.65 Å². The van der Waals surface area contributed by atoms with Gasteiger partial charge in [0.2, 0.25) is 0 Å². The van der Waals surface area contributed by atoms with Gasteiger partial charge in [0.1, 0.15) is 0 Å². The molecule has 2 aromatic heterocycles. The van der Waals surface area contributed by atoms with Crippen molar-refractivity contribution in [1.82, 2.24) is 9.38 Å². The molecule has 0 bridgehead atoms. The highest BCUT2D eigenvalue weighted by Crippen LogP contribution is 2.21. The number of fused-ring (bicyclic) bond motifs is 1. The first-order valence-corrected chi connectivity index (χ1v) is 6.13. The Kier molecular flexibility index (Phi) is 2.73. The fourth-order valence-electron chi connectivity index (χ4n) is 2.43. The van der Waals surface area contributed by atoms with Crippen molar-refractivity contribution in [3.8, 4) is 0 Å². The van der Waals surface area contributed by atoms with Gasteiger partial charge in [-0.1, -0.05) is 0 Å². The molecule has 17 heavy (non-hydrogen) atoms. The van der Waals surface area contributed by atoms with Crippen LogP contribution in [0.15, 0.2) is 24.5 Å². The molecule has 3 rings (SSSR count). The Balaban J connectivity index is 1.83. The quantitative estimate of drug-likeness (QED) is 0.858. The normalized spacial score (nSPS) is 17.6. The highest BCUT2D eigenvalue weighted by Gasteiger charge is 2.16. The zero-order chi connectivity index (χ0) is 11.7. The van der Waals surface area contributed by atoms with Crippen molar-refractivity contribution >= 4 is 11.3 Å². The van der Waals surface area contributed by atoms with Gasteiger partial charge >= 0.3 is 0 Å². The summed E-state index contributed by atoms with van der Waals surface area (Å²) in [5, 5.41) is 0. The summed E-state index contributed by atoms with van der Waals surface area (Å²) in [6, 6.07) is 3.84. The van der Waals surface area contributed by atoms with Gasteiger partial charge in [0.05, 0.1) is 11.4 Å². The van der Waals surface area contributed by atoms with E-state index >= 15 is 0 Å². The molecule has 4 nitrogen and oxygen atoms in total. The minimum atomic E-state index is 0.704. The maximum Gasteiger partial charge on any atom is 0.160 e. The number of hydrogen-bond acceptors (Lipinski definition) is 3. The van der Waals surface area contributed by atoms with Crippen molar-refractivity contribution in [2.45, 2.75) is 19.3 Å². The van der Waals surface area contributed by atoms with Crippen molar-refractivity contribution in [2.24, 2.45) is 5.92 Å². The molecule has 4 heteroatoms. The van der Waals surface area contributed by atoms with Crippen LogP contribution < -0.4 is 5.73 Å². The number of hydrogen-bond donors (Lipinski definition) is 1. The molecule has 90 valence electrons. The molecule has 1 saturated heterocycles. The molecule has 0 atom stereocenters. The molecule has 0 aliphatic carbocycles. The summed E-state index contributed by atoms with van der Waals surface area (Å²) >= 11 is 0. The Morgan fingerprint density at radius 2 is 2.24 bits per heavy atom. The lowest BCUT2D eigenvalue weighted by molar-refractivity contribution is 0.0663. The van der Waals surface area contributed by atoms with Gasteiger partial charge in [-0.3, -0.25) is 0 Å². The predicted molar refractivity (Wildman–Crippen MR) is 66.9 cm³/mol. The standard InChI is InChI=1S/C13H17N3O/c14-12-2-1-5-16-9-11(15-13(12)16)8-10-3-6-17-7-4-10/h1-2,5,9-10H,3-4,6-8,14H2. The third-order valence-corrected chi connectivity index (χ3v) is 3.40. The molecule has 2 aromatic rings. The van der Waals surface area contributed by atoms with Gasteiger partial charge in [-0.15, -0.1) is 0 Å². The summed E-state index contributed by atoms with van der Waals surface area (Å²) in [6.07, 6.45) is 7.39. The summed E-state index contributed by atoms with van der Waals surface area (Å²) in [5.41, 5.74) is 8.64. The highest BCUT2D eigenvalue weighted by molar-refractivity contribution is 5.64. The molecular formula is C13H17N3O. The lowest BCUT2D eigenvalue weighted by atomic mass is 9.95. The number of rotatable bonds is 2. The van der Waals surface area contributed by atoms with Gasteiger partial charge in [-0.05, 0) is 37.3 Å². The van der Waals surface area contributed by atoms with Crippen LogP contribution in [0.1, 0.15) is 18.5 Å². The second-order valence-corrected chi connectivity index (χ2v) is 4.69. The van der Waals surface area contributed by atoms with E-state index in [0.29, 0.717) is 5.92 Å². The number of ether oxygens (including phenoxy) is 1. The molecule has 0 saturated carbocycles. The molecule has 3 heterocycles. The molecule has 0 aromatic carbocycles. The van der Waals surface area contributed by atoms with Gasteiger partial charge < -0.3 is 14.9 Å². The number of nitrogens with zero attached hydrogens (tertiary/aromatic N) is 2. The molecule has 2 N–H and O–H groups in total. The van der Waals surface area contributed by atoms with E-state index in [1.165, 1.54) is 0 Å². The first-order valence-electron chi connectivity index (χ1n) is 6.13. The van der Waals surface area contributed by atoms with Crippen molar-refractivity contribution in [3.63, 3.8) is 0 Å². The van der Waals surface area contributed by atoms with Crippen molar-refractivity contribution in [2.75, 3.05) is 18.9 Å². The van der Waals surface area contributed by atoms with Crippen LogP contribution in [0.5, 0.6) is 0 Å². The number of anilines is 1. The van der Waals surface area contributed by atoms with Crippen molar-refractivity contribution < 1.29 is 4.74 Å². The maximum atomic E-state index is 5.90. The fraction of sp³-hybridized carbons (Fsp3) is 0.462. The molecule has 0 spiro atoms. The SMILES string of the molecule is Nc1cccn2cc(CC3CCOCC3)nc12. The van der Waals surface area contributed by atoms with Gasteiger partial charge in [0.25, 0.3) is 0 Å². The van der Waals surface area contributed by atoms with Gasteiger partial charge in [0, 0.05) is 25.6 Å². The van der Waals surface area contributed by atoms with Crippen LogP contribution in [0, 0.1) is 5.92 Å². The Hall–Kier alpha value is -1.55. The first-order chi connectivity index (χ1) is 8.33. The number of nitrogen functional groups attached to an aromatic ring is 1.